The highest BCUT2D eigenvalue weighted by Crippen LogP contribution is 2.43. The molecule has 0 aromatic carbocycles. The SMILES string of the molecule is CC1(C)CCC2(CCN(OC(=O)O)CC2)O1. The predicted octanol–water partition coefficient (Wildman–Crippen LogP) is 2.02. The molecule has 5 heteroatoms. The summed E-state index contributed by atoms with van der Waals surface area (Å²) in [5.74, 6) is 0. The van der Waals surface area contributed by atoms with Crippen molar-refractivity contribution in [2.24, 2.45) is 0 Å². The number of carboxylic acid groups (broad SMARTS) is 1. The molecule has 0 unspecified atom stereocenters. The monoisotopic (exact) mass is 229 g/mol. The Morgan fingerprint density at radius 1 is 1.25 bits per heavy atom. The summed E-state index contributed by atoms with van der Waals surface area (Å²) in [7, 11) is 0. The highest BCUT2D eigenvalue weighted by Gasteiger charge is 2.46. The van der Waals surface area contributed by atoms with Gasteiger partial charge in [0.2, 0.25) is 0 Å². The van der Waals surface area contributed by atoms with Crippen LogP contribution in [0.15, 0.2) is 0 Å². The molecule has 92 valence electrons. The third kappa shape index (κ3) is 2.47. The van der Waals surface area contributed by atoms with E-state index in [2.05, 4.69) is 18.7 Å². The van der Waals surface area contributed by atoms with Gasteiger partial charge in [0.25, 0.3) is 0 Å². The molecule has 2 saturated heterocycles. The molecule has 1 spiro atoms. The Balaban J connectivity index is 1.88. The van der Waals surface area contributed by atoms with E-state index >= 15 is 0 Å². The first-order chi connectivity index (χ1) is 7.41. The minimum absolute atomic E-state index is 0.0319. The lowest BCUT2D eigenvalue weighted by Gasteiger charge is -2.38. The molecule has 2 rings (SSSR count). The highest BCUT2D eigenvalue weighted by molar-refractivity contribution is 5.56. The third-order valence-corrected chi connectivity index (χ3v) is 3.52. The zero-order valence-corrected chi connectivity index (χ0v) is 9.86. The number of hydroxylamine groups is 2. The number of hydrogen-bond acceptors (Lipinski definition) is 4. The maximum Gasteiger partial charge on any atom is 0.525 e. The van der Waals surface area contributed by atoms with Crippen molar-refractivity contribution in [2.45, 2.75) is 50.7 Å². The molecule has 1 N–H and O–H groups in total. The summed E-state index contributed by atoms with van der Waals surface area (Å²) >= 11 is 0. The number of piperidine rings is 1. The Hall–Kier alpha value is -0.810. The molecule has 2 aliphatic rings. The fraction of sp³-hybridized carbons (Fsp3) is 0.909. The molecule has 5 nitrogen and oxygen atoms in total. The fourth-order valence-electron chi connectivity index (χ4n) is 2.66. The number of carbonyl (C=O) groups is 1. The third-order valence-electron chi connectivity index (χ3n) is 3.52. The number of ether oxygens (including phenoxy) is 1. The van der Waals surface area contributed by atoms with Gasteiger partial charge >= 0.3 is 6.16 Å². The van der Waals surface area contributed by atoms with Crippen LogP contribution in [0.25, 0.3) is 0 Å². The van der Waals surface area contributed by atoms with Crippen LogP contribution in [0.2, 0.25) is 0 Å². The number of nitrogens with zero attached hydrogens (tertiary/aromatic N) is 1. The molecule has 0 aliphatic carbocycles. The Morgan fingerprint density at radius 3 is 2.31 bits per heavy atom. The van der Waals surface area contributed by atoms with Gasteiger partial charge < -0.3 is 14.7 Å². The van der Waals surface area contributed by atoms with Gasteiger partial charge in [0.1, 0.15) is 0 Å². The Labute approximate surface area is 95.3 Å². The molecule has 0 atom stereocenters. The normalized spacial score (nSPS) is 28.1. The van der Waals surface area contributed by atoms with Crippen LogP contribution >= 0.6 is 0 Å². The summed E-state index contributed by atoms with van der Waals surface area (Å²) in [6.07, 6.45) is 2.62. The molecule has 0 aromatic rings. The van der Waals surface area contributed by atoms with E-state index in [1.807, 2.05) is 0 Å². The van der Waals surface area contributed by atoms with E-state index in [-0.39, 0.29) is 11.2 Å². The van der Waals surface area contributed by atoms with Crippen molar-refractivity contribution in [3.8, 4) is 0 Å². The smallest absolute Gasteiger partial charge is 0.448 e. The van der Waals surface area contributed by atoms with E-state index < -0.39 is 6.16 Å². The van der Waals surface area contributed by atoms with Crippen molar-refractivity contribution in [1.29, 1.82) is 0 Å². The van der Waals surface area contributed by atoms with Gasteiger partial charge in [0, 0.05) is 13.1 Å². The van der Waals surface area contributed by atoms with Crippen molar-refractivity contribution < 1.29 is 19.5 Å². The predicted molar refractivity (Wildman–Crippen MR) is 57.0 cm³/mol. The van der Waals surface area contributed by atoms with Crippen molar-refractivity contribution in [2.75, 3.05) is 13.1 Å². The largest absolute Gasteiger partial charge is 0.525 e. The summed E-state index contributed by atoms with van der Waals surface area (Å²) < 4.78 is 6.10. The Morgan fingerprint density at radius 2 is 1.88 bits per heavy atom. The number of rotatable bonds is 1. The fourth-order valence-corrected chi connectivity index (χ4v) is 2.66. The first-order valence-corrected chi connectivity index (χ1v) is 5.77. The second kappa shape index (κ2) is 3.89. The molecule has 2 heterocycles. The molecule has 0 aromatic heterocycles. The highest BCUT2D eigenvalue weighted by atomic mass is 16.8. The Bertz CT molecular complexity index is 282. The first kappa shape index (κ1) is 11.7. The van der Waals surface area contributed by atoms with E-state index in [0.29, 0.717) is 13.1 Å². The van der Waals surface area contributed by atoms with Gasteiger partial charge in [-0.05, 0) is 39.5 Å². The quantitative estimate of drug-likeness (QED) is 0.745. The van der Waals surface area contributed by atoms with Crippen molar-refractivity contribution in [3.63, 3.8) is 0 Å². The summed E-state index contributed by atoms with van der Waals surface area (Å²) in [6.45, 7) is 5.48. The van der Waals surface area contributed by atoms with Crippen LogP contribution in [0.3, 0.4) is 0 Å². The van der Waals surface area contributed by atoms with Gasteiger partial charge in [-0.15, -0.1) is 5.06 Å². The lowest BCUT2D eigenvalue weighted by atomic mass is 9.89. The van der Waals surface area contributed by atoms with Crippen LogP contribution < -0.4 is 0 Å². The van der Waals surface area contributed by atoms with Crippen LogP contribution in [0.5, 0.6) is 0 Å². The van der Waals surface area contributed by atoms with E-state index in [1.54, 1.807) is 0 Å². The van der Waals surface area contributed by atoms with Crippen LogP contribution in [-0.4, -0.2) is 40.6 Å². The van der Waals surface area contributed by atoms with Gasteiger partial charge in [-0.1, -0.05) is 0 Å². The Kier molecular flexibility index (Phi) is 2.84. The van der Waals surface area contributed by atoms with Crippen molar-refractivity contribution in [1.82, 2.24) is 5.06 Å². The lowest BCUT2D eigenvalue weighted by Crippen LogP contribution is -2.45. The molecule has 16 heavy (non-hydrogen) atoms. The maximum atomic E-state index is 10.4. The molecule has 0 amide bonds. The van der Waals surface area contributed by atoms with Crippen LogP contribution in [0.4, 0.5) is 4.79 Å². The van der Waals surface area contributed by atoms with Gasteiger partial charge in [0.15, 0.2) is 0 Å². The second-order valence-corrected chi connectivity index (χ2v) is 5.33. The average Bonchev–Trinajstić information content (AvgIpc) is 2.46. The van der Waals surface area contributed by atoms with E-state index in [0.717, 1.165) is 25.7 Å². The summed E-state index contributed by atoms with van der Waals surface area (Å²) in [4.78, 5) is 15.0. The number of hydrogen-bond donors (Lipinski definition) is 1. The molecule has 2 fully saturated rings. The minimum Gasteiger partial charge on any atom is -0.448 e. The van der Waals surface area contributed by atoms with Crippen LogP contribution in [-0.2, 0) is 9.57 Å². The minimum atomic E-state index is -1.23. The van der Waals surface area contributed by atoms with Gasteiger partial charge in [-0.3, -0.25) is 0 Å². The summed E-state index contributed by atoms with van der Waals surface area (Å²) in [6, 6.07) is 0. The topological polar surface area (TPSA) is 59.0 Å². The first-order valence-electron chi connectivity index (χ1n) is 5.77. The van der Waals surface area contributed by atoms with Crippen molar-refractivity contribution in [3.05, 3.63) is 0 Å². The van der Waals surface area contributed by atoms with E-state index in [1.165, 1.54) is 5.06 Å². The second-order valence-electron chi connectivity index (χ2n) is 5.33. The van der Waals surface area contributed by atoms with Gasteiger partial charge in [-0.25, -0.2) is 4.79 Å². The molecular weight excluding hydrogens is 210 g/mol. The molecular formula is C11H19NO4. The summed E-state index contributed by atoms with van der Waals surface area (Å²) in [5.41, 5.74) is -0.0717. The van der Waals surface area contributed by atoms with E-state index in [9.17, 15) is 4.79 Å². The van der Waals surface area contributed by atoms with Crippen molar-refractivity contribution >= 4 is 6.16 Å². The maximum absolute atomic E-state index is 10.4. The molecule has 2 aliphatic heterocycles. The molecule has 0 radical (unpaired) electrons. The standard InChI is InChI=1S/C11H19NO4/c1-10(2)3-4-11(16-10)5-7-12(8-6-11)15-9(13)14/h3-8H2,1-2H3,(H,13,14). The average molecular weight is 229 g/mol. The van der Waals surface area contributed by atoms with Crippen LogP contribution in [0.1, 0.15) is 39.5 Å². The molecule has 0 bridgehead atoms. The van der Waals surface area contributed by atoms with Gasteiger partial charge in [0.05, 0.1) is 11.2 Å². The zero-order chi connectivity index (χ0) is 11.8. The van der Waals surface area contributed by atoms with E-state index in [4.69, 9.17) is 9.84 Å². The summed E-state index contributed by atoms with van der Waals surface area (Å²) in [5, 5.41) is 10.0. The zero-order valence-electron chi connectivity index (χ0n) is 9.86. The van der Waals surface area contributed by atoms with Crippen LogP contribution in [0, 0.1) is 0 Å². The lowest BCUT2D eigenvalue weighted by molar-refractivity contribution is -0.180. The molecule has 0 saturated carbocycles. The van der Waals surface area contributed by atoms with Gasteiger partial charge in [-0.2, -0.15) is 0 Å².